The van der Waals surface area contributed by atoms with E-state index in [1.807, 2.05) is 48.8 Å². The first-order valence-corrected chi connectivity index (χ1v) is 7.56. The Morgan fingerprint density at radius 3 is 2.86 bits per heavy atom. The molecule has 0 aliphatic carbocycles. The molecule has 2 aromatic rings. The fourth-order valence-corrected chi connectivity index (χ4v) is 2.69. The van der Waals surface area contributed by atoms with E-state index in [0.717, 1.165) is 24.1 Å². The fourth-order valence-electron chi connectivity index (χ4n) is 2.69. The Bertz CT molecular complexity index is 661. The summed E-state index contributed by atoms with van der Waals surface area (Å²) in [5.74, 6) is 0.0814. The van der Waals surface area contributed by atoms with Crippen molar-refractivity contribution in [2.75, 3.05) is 0 Å². The lowest BCUT2D eigenvalue weighted by atomic mass is 10.0. The molecule has 0 bridgehead atoms. The zero-order valence-corrected chi connectivity index (χ0v) is 12.4. The summed E-state index contributed by atoms with van der Waals surface area (Å²) in [6, 6.07) is 12.0. The van der Waals surface area contributed by atoms with Crippen molar-refractivity contribution in [1.29, 1.82) is 0 Å². The van der Waals surface area contributed by atoms with Gasteiger partial charge in [-0.3, -0.25) is 4.79 Å². The Hall–Kier alpha value is -2.33. The predicted molar refractivity (Wildman–Crippen MR) is 85.2 cm³/mol. The maximum absolute atomic E-state index is 11.2. The van der Waals surface area contributed by atoms with Crippen LogP contribution in [0.3, 0.4) is 0 Å². The summed E-state index contributed by atoms with van der Waals surface area (Å²) in [6.07, 6.45) is 8.39. The van der Waals surface area contributed by atoms with Crippen LogP contribution < -0.4 is 5.32 Å². The van der Waals surface area contributed by atoms with Gasteiger partial charge >= 0.3 is 0 Å². The standard InChI is InChI=1S/C18H20N2O2/c21-17(8-6-16-7-9-18(22)19-16)15-5-3-4-14(12-15)13-20-10-1-2-11-20/h1-6,8,10-12,16-17,21H,7,9,13H2,(H,19,22)/b8-6+/t16-,17?/m0/s1. The number of aliphatic hydroxyl groups excluding tert-OH is 1. The van der Waals surface area contributed by atoms with Crippen LogP contribution in [0.25, 0.3) is 0 Å². The first-order valence-electron chi connectivity index (χ1n) is 7.56. The maximum Gasteiger partial charge on any atom is 0.220 e. The monoisotopic (exact) mass is 296 g/mol. The number of carbonyl (C=O) groups excluding carboxylic acids is 1. The van der Waals surface area contributed by atoms with Crippen LogP contribution >= 0.6 is 0 Å². The summed E-state index contributed by atoms with van der Waals surface area (Å²) < 4.78 is 2.09. The molecule has 2 heterocycles. The molecule has 2 N–H and O–H groups in total. The molecular weight excluding hydrogens is 276 g/mol. The van der Waals surface area contributed by atoms with E-state index in [4.69, 9.17) is 0 Å². The van der Waals surface area contributed by atoms with Crippen LogP contribution in [0, 0.1) is 0 Å². The molecule has 4 heteroatoms. The van der Waals surface area contributed by atoms with E-state index in [-0.39, 0.29) is 11.9 Å². The van der Waals surface area contributed by atoms with Gasteiger partial charge in [0.1, 0.15) is 0 Å². The van der Waals surface area contributed by atoms with Crippen LogP contribution in [0.1, 0.15) is 30.1 Å². The molecule has 1 saturated heterocycles. The minimum absolute atomic E-state index is 0.0465. The first-order chi connectivity index (χ1) is 10.7. The van der Waals surface area contributed by atoms with E-state index in [1.165, 1.54) is 0 Å². The zero-order valence-electron chi connectivity index (χ0n) is 12.4. The molecule has 1 aromatic carbocycles. The topological polar surface area (TPSA) is 54.3 Å². The second-order valence-corrected chi connectivity index (χ2v) is 5.64. The van der Waals surface area contributed by atoms with Crippen molar-refractivity contribution in [3.8, 4) is 0 Å². The number of rotatable bonds is 5. The van der Waals surface area contributed by atoms with Crippen LogP contribution in [0.4, 0.5) is 0 Å². The first kappa shape index (κ1) is 14.6. The van der Waals surface area contributed by atoms with Crippen molar-refractivity contribution in [2.45, 2.75) is 31.5 Å². The highest BCUT2D eigenvalue weighted by molar-refractivity contribution is 5.78. The zero-order chi connectivity index (χ0) is 15.4. The van der Waals surface area contributed by atoms with E-state index < -0.39 is 6.10 Å². The van der Waals surface area contributed by atoms with E-state index in [0.29, 0.717) is 6.42 Å². The lowest BCUT2D eigenvalue weighted by Crippen LogP contribution is -2.23. The van der Waals surface area contributed by atoms with Gasteiger partial charge in [-0.2, -0.15) is 0 Å². The largest absolute Gasteiger partial charge is 0.384 e. The van der Waals surface area contributed by atoms with Gasteiger partial charge in [0.15, 0.2) is 0 Å². The van der Waals surface area contributed by atoms with Gasteiger partial charge in [0.25, 0.3) is 0 Å². The van der Waals surface area contributed by atoms with Crippen molar-refractivity contribution < 1.29 is 9.90 Å². The molecule has 1 aliphatic rings. The summed E-state index contributed by atoms with van der Waals surface area (Å²) in [4.78, 5) is 11.2. The molecule has 0 spiro atoms. The number of hydrogen-bond donors (Lipinski definition) is 2. The number of amides is 1. The van der Waals surface area contributed by atoms with Crippen LogP contribution in [-0.2, 0) is 11.3 Å². The summed E-state index contributed by atoms with van der Waals surface area (Å²) in [6.45, 7) is 0.788. The normalized spacial score (nSPS) is 19.5. The number of hydrogen-bond acceptors (Lipinski definition) is 2. The van der Waals surface area contributed by atoms with Gasteiger partial charge in [-0.15, -0.1) is 0 Å². The summed E-state index contributed by atoms with van der Waals surface area (Å²) in [5, 5.41) is 13.2. The number of aliphatic hydroxyl groups is 1. The lowest BCUT2D eigenvalue weighted by molar-refractivity contribution is -0.119. The molecular formula is C18H20N2O2. The number of carbonyl (C=O) groups is 1. The number of aromatic nitrogens is 1. The van der Waals surface area contributed by atoms with E-state index in [1.54, 1.807) is 6.08 Å². The molecule has 1 fully saturated rings. The highest BCUT2D eigenvalue weighted by Gasteiger charge is 2.18. The van der Waals surface area contributed by atoms with Crippen molar-refractivity contribution in [1.82, 2.24) is 9.88 Å². The Kier molecular flexibility index (Phi) is 4.39. The average Bonchev–Trinajstić information content (AvgIpc) is 3.17. The van der Waals surface area contributed by atoms with Crippen molar-refractivity contribution in [2.24, 2.45) is 0 Å². The van der Waals surface area contributed by atoms with E-state index >= 15 is 0 Å². The number of nitrogens with zero attached hydrogens (tertiary/aromatic N) is 1. The van der Waals surface area contributed by atoms with Gasteiger partial charge in [-0.25, -0.2) is 0 Å². The molecule has 114 valence electrons. The van der Waals surface area contributed by atoms with Crippen LogP contribution in [0.2, 0.25) is 0 Å². The third-order valence-corrected chi connectivity index (χ3v) is 3.88. The number of nitrogens with one attached hydrogen (secondary N) is 1. The second-order valence-electron chi connectivity index (χ2n) is 5.64. The highest BCUT2D eigenvalue weighted by Crippen LogP contribution is 2.18. The fraction of sp³-hybridized carbons (Fsp3) is 0.278. The van der Waals surface area contributed by atoms with Crippen LogP contribution in [0.5, 0.6) is 0 Å². The Morgan fingerprint density at radius 1 is 1.32 bits per heavy atom. The molecule has 1 aromatic heterocycles. The van der Waals surface area contributed by atoms with Gasteiger partial charge in [0, 0.05) is 31.4 Å². The van der Waals surface area contributed by atoms with Gasteiger partial charge < -0.3 is 15.0 Å². The van der Waals surface area contributed by atoms with Crippen molar-refractivity contribution in [3.63, 3.8) is 0 Å². The third-order valence-electron chi connectivity index (χ3n) is 3.88. The second kappa shape index (κ2) is 6.62. The molecule has 1 unspecified atom stereocenters. The predicted octanol–water partition coefficient (Wildman–Crippen LogP) is 2.40. The smallest absolute Gasteiger partial charge is 0.220 e. The van der Waals surface area contributed by atoms with Gasteiger partial charge in [0.2, 0.25) is 5.91 Å². The molecule has 2 atom stereocenters. The molecule has 1 amide bonds. The maximum atomic E-state index is 11.2. The number of benzene rings is 1. The summed E-state index contributed by atoms with van der Waals surface area (Å²) >= 11 is 0. The van der Waals surface area contributed by atoms with Crippen molar-refractivity contribution in [3.05, 3.63) is 72.1 Å². The minimum Gasteiger partial charge on any atom is -0.384 e. The van der Waals surface area contributed by atoms with Gasteiger partial charge in [-0.1, -0.05) is 36.4 Å². The highest BCUT2D eigenvalue weighted by atomic mass is 16.3. The van der Waals surface area contributed by atoms with Crippen LogP contribution in [-0.4, -0.2) is 21.6 Å². The van der Waals surface area contributed by atoms with Gasteiger partial charge in [-0.05, 0) is 29.7 Å². The Labute approximate surface area is 130 Å². The van der Waals surface area contributed by atoms with Gasteiger partial charge in [0.05, 0.1) is 6.10 Å². The lowest BCUT2D eigenvalue weighted by Gasteiger charge is -2.10. The molecule has 1 aliphatic heterocycles. The Balaban J connectivity index is 1.66. The van der Waals surface area contributed by atoms with Crippen LogP contribution in [0.15, 0.2) is 60.9 Å². The van der Waals surface area contributed by atoms with E-state index in [9.17, 15) is 9.90 Å². The SMILES string of the molecule is O=C1CC[C@H](/C=C/C(O)c2cccc(Cn3cccc3)c2)N1. The molecule has 0 radical (unpaired) electrons. The quantitative estimate of drug-likeness (QED) is 0.833. The molecule has 3 rings (SSSR count). The summed E-state index contributed by atoms with van der Waals surface area (Å²) in [5.41, 5.74) is 2.01. The molecule has 0 saturated carbocycles. The van der Waals surface area contributed by atoms with Crippen molar-refractivity contribution >= 4 is 5.91 Å². The van der Waals surface area contributed by atoms with E-state index in [2.05, 4.69) is 16.0 Å². The average molecular weight is 296 g/mol. The Morgan fingerprint density at radius 2 is 2.14 bits per heavy atom. The summed E-state index contributed by atoms with van der Waals surface area (Å²) in [7, 11) is 0. The molecule has 4 nitrogen and oxygen atoms in total. The third kappa shape index (κ3) is 3.65. The molecule has 22 heavy (non-hydrogen) atoms. The minimum atomic E-state index is -0.651.